The number of anilines is 1. The van der Waals surface area contributed by atoms with E-state index in [1.165, 1.54) is 24.0 Å². The van der Waals surface area contributed by atoms with Gasteiger partial charge in [-0.15, -0.1) is 20.4 Å². The minimum Gasteiger partial charge on any atom is -0.453 e. The Balaban J connectivity index is 2.35. The predicted molar refractivity (Wildman–Crippen MR) is 76.2 cm³/mol. The zero-order valence-corrected chi connectivity index (χ0v) is 12.6. The Kier molecular flexibility index (Phi) is 5.02. The summed E-state index contributed by atoms with van der Waals surface area (Å²) in [7, 11) is 1.19. The molecule has 2 aromatic rings. The molecular weight excluding hydrogens is 328 g/mol. The lowest BCUT2D eigenvalue weighted by Crippen LogP contribution is -2.11. The van der Waals surface area contributed by atoms with Gasteiger partial charge < -0.3 is 4.74 Å². The van der Waals surface area contributed by atoms with Crippen LogP contribution in [-0.4, -0.2) is 28.4 Å². The zero-order chi connectivity index (χ0) is 15.9. The molecule has 1 N–H and O–H groups in total. The highest BCUT2D eigenvalue weighted by atomic mass is 32.1. The molecule has 0 aliphatic carbocycles. The molecule has 0 bridgehead atoms. The van der Waals surface area contributed by atoms with Crippen molar-refractivity contribution < 1.29 is 9.53 Å². The molecule has 0 aliphatic heterocycles. The molecule has 0 atom stereocenters. The van der Waals surface area contributed by atoms with E-state index in [-0.39, 0.29) is 15.8 Å². The topological polar surface area (TPSA) is 149 Å². The monoisotopic (exact) mass is 334 g/mol. The van der Waals surface area contributed by atoms with Crippen LogP contribution < -0.4 is 5.32 Å². The van der Waals surface area contributed by atoms with E-state index in [0.29, 0.717) is 5.13 Å². The van der Waals surface area contributed by atoms with Crippen LogP contribution in [0.1, 0.15) is 10.9 Å². The Bertz CT molecular complexity index is 756. The molecule has 2 aromatic heterocycles. The van der Waals surface area contributed by atoms with Crippen molar-refractivity contribution >= 4 is 44.7 Å². The largest absolute Gasteiger partial charge is 0.453 e. The highest BCUT2D eigenvalue weighted by Gasteiger charge is 2.20. The highest BCUT2D eigenvalue weighted by molar-refractivity contribution is 7.16. The van der Waals surface area contributed by atoms with Gasteiger partial charge in [0.25, 0.3) is 5.13 Å². The van der Waals surface area contributed by atoms with E-state index in [1.807, 2.05) is 0 Å². The number of hydrogen-bond acceptors (Lipinski definition) is 11. The Morgan fingerprint density at radius 3 is 2.82 bits per heavy atom. The fraction of sp³-hybridized carbons (Fsp3) is 0.200. The first kappa shape index (κ1) is 15.4. The van der Waals surface area contributed by atoms with Gasteiger partial charge in [0.05, 0.1) is 19.2 Å². The van der Waals surface area contributed by atoms with E-state index in [1.54, 1.807) is 12.1 Å². The van der Waals surface area contributed by atoms with Crippen LogP contribution in [0.2, 0.25) is 0 Å². The maximum absolute atomic E-state index is 11.3. The first-order valence-corrected chi connectivity index (χ1v) is 7.20. The summed E-state index contributed by atoms with van der Waals surface area (Å²) in [5.74, 6) is -1.01. The van der Waals surface area contributed by atoms with Crippen molar-refractivity contribution in [1.82, 2.24) is 15.2 Å². The van der Waals surface area contributed by atoms with Crippen LogP contribution in [0.5, 0.6) is 0 Å². The van der Waals surface area contributed by atoms with Gasteiger partial charge in [0.1, 0.15) is 10.5 Å². The zero-order valence-electron chi connectivity index (χ0n) is 10.9. The highest BCUT2D eigenvalue weighted by Crippen LogP contribution is 2.36. The molecular formula is C10H6N8O2S2. The first-order chi connectivity index (χ1) is 10.7. The number of aromatic nitrogens is 3. The molecule has 10 nitrogen and oxygen atoms in total. The average molecular weight is 334 g/mol. The smallest absolute Gasteiger partial charge is 0.412 e. The number of carbonyl (C=O) groups excluding carboxylic acids is 1. The summed E-state index contributed by atoms with van der Waals surface area (Å²) in [6.45, 7) is 0. The van der Waals surface area contributed by atoms with Gasteiger partial charge in [0, 0.05) is 0 Å². The summed E-state index contributed by atoms with van der Waals surface area (Å²) in [5.41, 5.74) is 1.49. The number of hydrogen-bond donors (Lipinski definition) is 1. The van der Waals surface area contributed by atoms with E-state index >= 15 is 0 Å². The molecule has 0 spiro atoms. The first-order valence-electron chi connectivity index (χ1n) is 5.50. The van der Waals surface area contributed by atoms with E-state index in [4.69, 9.17) is 10.5 Å². The number of nitrogens with zero attached hydrogens (tertiary/aromatic N) is 7. The summed E-state index contributed by atoms with van der Waals surface area (Å²) < 4.78 is 4.47. The van der Waals surface area contributed by atoms with Crippen molar-refractivity contribution in [3.63, 3.8) is 0 Å². The van der Waals surface area contributed by atoms with Gasteiger partial charge >= 0.3 is 6.09 Å². The minimum atomic E-state index is -1.06. The molecule has 0 saturated carbocycles. The second-order valence-corrected chi connectivity index (χ2v) is 5.26. The number of methoxy groups -OCH3 is 1. The number of thiazole rings is 1. The van der Waals surface area contributed by atoms with Gasteiger partial charge in [0.15, 0.2) is 16.7 Å². The second kappa shape index (κ2) is 7.16. The second-order valence-electron chi connectivity index (χ2n) is 3.43. The van der Waals surface area contributed by atoms with Crippen molar-refractivity contribution in [3.05, 3.63) is 10.5 Å². The molecule has 0 radical (unpaired) electrons. The molecule has 0 fully saturated rings. The maximum atomic E-state index is 11.3. The van der Waals surface area contributed by atoms with Crippen LogP contribution in [0.4, 0.5) is 20.7 Å². The van der Waals surface area contributed by atoms with Gasteiger partial charge in [-0.25, -0.2) is 9.78 Å². The molecule has 0 unspecified atom stereocenters. The van der Waals surface area contributed by atoms with E-state index < -0.39 is 12.0 Å². The summed E-state index contributed by atoms with van der Waals surface area (Å²) in [6, 6.07) is 3.59. The van der Waals surface area contributed by atoms with Gasteiger partial charge in [-0.1, -0.05) is 22.7 Å². The normalized spacial score (nSPS) is 10.4. The molecule has 2 rings (SSSR count). The Morgan fingerprint density at radius 2 is 2.23 bits per heavy atom. The minimum absolute atomic E-state index is 0.0515. The van der Waals surface area contributed by atoms with Crippen LogP contribution in [0, 0.1) is 22.7 Å². The van der Waals surface area contributed by atoms with Crippen LogP contribution in [0.25, 0.3) is 0 Å². The number of ether oxygens (including phenoxy) is 1. The summed E-state index contributed by atoms with van der Waals surface area (Å²) in [6.07, 6.45) is -0.755. The SMILES string of the molecule is COC(=O)Nc1nc(C(C#N)C#N)sc1/N=N/c1nncs1. The lowest BCUT2D eigenvalue weighted by molar-refractivity contribution is 0.187. The lowest BCUT2D eigenvalue weighted by Gasteiger charge is -1.99. The van der Waals surface area contributed by atoms with Gasteiger partial charge in [-0.3, -0.25) is 5.32 Å². The van der Waals surface area contributed by atoms with Crippen molar-refractivity contribution in [3.8, 4) is 12.1 Å². The number of carbonyl (C=O) groups is 1. The van der Waals surface area contributed by atoms with Gasteiger partial charge in [-0.2, -0.15) is 10.5 Å². The van der Waals surface area contributed by atoms with Gasteiger partial charge in [0.2, 0.25) is 0 Å². The molecule has 1 amide bonds. The number of nitrogens with one attached hydrogen (secondary N) is 1. The molecule has 0 aromatic carbocycles. The predicted octanol–water partition coefficient (Wildman–Crippen LogP) is 2.72. The third-order valence-electron chi connectivity index (χ3n) is 2.11. The van der Waals surface area contributed by atoms with Crippen molar-refractivity contribution in [2.75, 3.05) is 12.4 Å². The van der Waals surface area contributed by atoms with Crippen LogP contribution >= 0.6 is 22.7 Å². The fourth-order valence-electron chi connectivity index (χ4n) is 1.19. The van der Waals surface area contributed by atoms with Crippen LogP contribution in [0.3, 0.4) is 0 Å². The Morgan fingerprint density at radius 1 is 1.45 bits per heavy atom. The lowest BCUT2D eigenvalue weighted by atomic mass is 10.2. The molecule has 22 heavy (non-hydrogen) atoms. The van der Waals surface area contributed by atoms with E-state index in [2.05, 4.69) is 35.5 Å². The number of amides is 1. The van der Waals surface area contributed by atoms with Crippen LogP contribution in [0.15, 0.2) is 15.7 Å². The fourth-order valence-corrected chi connectivity index (χ4v) is 2.39. The van der Waals surface area contributed by atoms with Crippen molar-refractivity contribution in [1.29, 1.82) is 10.5 Å². The van der Waals surface area contributed by atoms with Crippen molar-refractivity contribution in [2.24, 2.45) is 10.2 Å². The van der Waals surface area contributed by atoms with Gasteiger partial charge in [-0.05, 0) is 0 Å². The van der Waals surface area contributed by atoms with E-state index in [0.717, 1.165) is 11.3 Å². The molecule has 0 saturated heterocycles. The average Bonchev–Trinajstić information content (AvgIpc) is 3.16. The Hall–Kier alpha value is -2.96. The number of nitriles is 2. The summed E-state index contributed by atoms with van der Waals surface area (Å²) in [4.78, 5) is 15.3. The molecule has 0 aliphatic rings. The van der Waals surface area contributed by atoms with Crippen LogP contribution in [-0.2, 0) is 4.74 Å². The van der Waals surface area contributed by atoms with E-state index in [9.17, 15) is 4.79 Å². The third kappa shape index (κ3) is 3.57. The maximum Gasteiger partial charge on any atom is 0.412 e. The third-order valence-corrected chi connectivity index (χ3v) is 3.69. The van der Waals surface area contributed by atoms with Crippen molar-refractivity contribution in [2.45, 2.75) is 5.92 Å². The Labute approximate surface area is 131 Å². The standard InChI is InChI=1S/C10H6N8O2S2/c1-20-10(19)15-6-8(16-18-9-17-13-4-21-9)22-7(14-6)5(2-11)3-12/h4-5H,1H3,(H,15,19)/b18-16+. The summed E-state index contributed by atoms with van der Waals surface area (Å²) >= 11 is 2.13. The number of azo groups is 1. The summed E-state index contributed by atoms with van der Waals surface area (Å²) in [5, 5.41) is 35.9. The molecule has 110 valence electrons. The molecule has 2 heterocycles. The number of rotatable bonds is 4. The quantitative estimate of drug-likeness (QED) is 0.844. The molecule has 12 heteroatoms.